The van der Waals surface area contributed by atoms with Crippen LogP contribution in [-0.4, -0.2) is 55.2 Å². The molecule has 0 radical (unpaired) electrons. The van der Waals surface area contributed by atoms with Crippen molar-refractivity contribution < 1.29 is 23.9 Å². The van der Waals surface area contributed by atoms with Crippen LogP contribution in [0.2, 0.25) is 0 Å². The van der Waals surface area contributed by atoms with Crippen molar-refractivity contribution in [3.63, 3.8) is 0 Å². The number of thioether (sulfide) groups is 2. The molecule has 1 aromatic carbocycles. The zero-order valence-corrected chi connectivity index (χ0v) is 17.3. The first-order chi connectivity index (χ1) is 13.9. The number of rotatable bonds is 5. The molecule has 0 saturated carbocycles. The number of amides is 2. The Labute approximate surface area is 176 Å². The molecule has 3 heterocycles. The van der Waals surface area contributed by atoms with Crippen molar-refractivity contribution >= 4 is 58.3 Å². The minimum Gasteiger partial charge on any atom is -0.477 e. The zero-order chi connectivity index (χ0) is 20.7. The van der Waals surface area contributed by atoms with Gasteiger partial charge in [-0.3, -0.25) is 19.4 Å². The third-order valence-corrected chi connectivity index (χ3v) is 7.69. The molecule has 1 saturated heterocycles. The molecule has 2 amide bonds. The number of fused-ring (bicyclic) bond motifs is 1. The van der Waals surface area contributed by atoms with Crippen LogP contribution in [0.25, 0.3) is 0 Å². The zero-order valence-electron chi connectivity index (χ0n) is 14.8. The number of hydrogen-bond donors (Lipinski definition) is 1. The van der Waals surface area contributed by atoms with Crippen molar-refractivity contribution in [3.8, 4) is 0 Å². The number of carboxylic acid groups (broad SMARTS) is 1. The Kier molecular flexibility index (Phi) is 5.32. The molecule has 1 aromatic heterocycles. The van der Waals surface area contributed by atoms with Crippen molar-refractivity contribution in [2.24, 2.45) is 0 Å². The lowest BCUT2D eigenvalue weighted by Crippen LogP contribution is -2.71. The van der Waals surface area contributed by atoms with Crippen molar-refractivity contribution in [1.29, 1.82) is 0 Å². The maximum atomic E-state index is 13.3. The van der Waals surface area contributed by atoms with Crippen molar-refractivity contribution in [2.45, 2.75) is 22.7 Å². The Morgan fingerprint density at radius 3 is 2.66 bits per heavy atom. The van der Waals surface area contributed by atoms with Crippen LogP contribution in [0.1, 0.15) is 6.92 Å². The third kappa shape index (κ3) is 3.51. The lowest BCUT2D eigenvalue weighted by Gasteiger charge is -2.52. The van der Waals surface area contributed by atoms with Gasteiger partial charge in [0.25, 0.3) is 5.91 Å². The molecule has 2 aliphatic rings. The van der Waals surface area contributed by atoms with Crippen LogP contribution in [-0.2, 0) is 14.4 Å². The van der Waals surface area contributed by atoms with Gasteiger partial charge in [0.1, 0.15) is 28.4 Å². The number of carbonyl (C=O) groups is 3. The number of nitrogens with zero attached hydrogens (tertiary/aromatic N) is 4. The number of benzene rings is 1. The van der Waals surface area contributed by atoms with Gasteiger partial charge in [-0.05, 0) is 24.3 Å². The lowest BCUT2D eigenvalue weighted by molar-refractivity contribution is -0.148. The van der Waals surface area contributed by atoms with E-state index in [1.165, 1.54) is 75.8 Å². The van der Waals surface area contributed by atoms with Gasteiger partial charge in [0.15, 0.2) is 4.34 Å². The van der Waals surface area contributed by atoms with Gasteiger partial charge in [-0.15, -0.1) is 22.0 Å². The molecule has 12 heteroatoms. The molecular weight excluding hydrogens is 439 g/mol. The van der Waals surface area contributed by atoms with E-state index in [0.717, 1.165) is 0 Å². The summed E-state index contributed by atoms with van der Waals surface area (Å²) in [6.07, 6.45) is 0. The fourth-order valence-electron chi connectivity index (χ4n) is 3.21. The fourth-order valence-corrected chi connectivity index (χ4v) is 6.37. The molecule has 1 fully saturated rings. The van der Waals surface area contributed by atoms with E-state index in [4.69, 9.17) is 0 Å². The Hall–Kier alpha value is -2.44. The quantitative estimate of drug-likeness (QED) is 0.690. The second-order valence-electron chi connectivity index (χ2n) is 6.10. The minimum atomic E-state index is -1.22. The molecule has 8 nitrogen and oxygen atoms in total. The van der Waals surface area contributed by atoms with E-state index in [0.29, 0.717) is 20.7 Å². The fraction of sp³-hybridized carbons (Fsp3) is 0.235. The van der Waals surface area contributed by atoms with Crippen LogP contribution >= 0.6 is 34.9 Å². The topological polar surface area (TPSA) is 104 Å². The maximum absolute atomic E-state index is 13.3. The van der Waals surface area contributed by atoms with Crippen LogP contribution in [0, 0.1) is 5.82 Å². The first-order valence-corrected chi connectivity index (χ1v) is 11.0. The third-order valence-electron chi connectivity index (χ3n) is 4.38. The van der Waals surface area contributed by atoms with Crippen molar-refractivity contribution in [2.75, 3.05) is 10.7 Å². The van der Waals surface area contributed by atoms with E-state index < -0.39 is 29.1 Å². The van der Waals surface area contributed by atoms with Gasteiger partial charge in [-0.2, -0.15) is 0 Å². The maximum Gasteiger partial charge on any atom is 0.353 e. The van der Waals surface area contributed by atoms with Crippen LogP contribution in [0.5, 0.6) is 0 Å². The van der Waals surface area contributed by atoms with Crippen molar-refractivity contribution in [1.82, 2.24) is 15.1 Å². The van der Waals surface area contributed by atoms with Gasteiger partial charge in [0, 0.05) is 23.3 Å². The van der Waals surface area contributed by atoms with Crippen LogP contribution in [0.15, 0.2) is 44.7 Å². The molecule has 2 aromatic rings. The number of aliphatic carboxylic acids is 1. The van der Waals surface area contributed by atoms with Gasteiger partial charge in [0.05, 0.1) is 0 Å². The highest BCUT2D eigenvalue weighted by molar-refractivity contribution is 8.07. The SMILES string of the molecule is CC(=O)N(c1ccc(F)cc1)[C@@H]1C(=O)N2C(C(=O)O)=C(Sc3nncs3)CS[C@@H]12. The summed E-state index contributed by atoms with van der Waals surface area (Å²) in [7, 11) is 0. The van der Waals surface area contributed by atoms with Gasteiger partial charge >= 0.3 is 5.97 Å². The Morgan fingerprint density at radius 2 is 2.07 bits per heavy atom. The number of anilines is 1. The normalized spacial score (nSPS) is 20.9. The molecular formula is C17H13FN4O4S3. The number of aromatic nitrogens is 2. The van der Waals surface area contributed by atoms with E-state index in [9.17, 15) is 23.9 Å². The number of halogens is 1. The van der Waals surface area contributed by atoms with E-state index in [2.05, 4.69) is 10.2 Å². The highest BCUT2D eigenvalue weighted by Gasteiger charge is 2.57. The Morgan fingerprint density at radius 1 is 1.34 bits per heavy atom. The van der Waals surface area contributed by atoms with Crippen LogP contribution in [0.4, 0.5) is 10.1 Å². The van der Waals surface area contributed by atoms with Crippen LogP contribution in [0.3, 0.4) is 0 Å². The Balaban J connectivity index is 1.66. The number of β-lactam (4-membered cyclic amide) rings is 1. The highest BCUT2D eigenvalue weighted by atomic mass is 32.2. The first kappa shape index (κ1) is 19.9. The summed E-state index contributed by atoms with van der Waals surface area (Å²) < 4.78 is 13.8. The summed E-state index contributed by atoms with van der Waals surface area (Å²) in [6, 6.07) is 4.40. The van der Waals surface area contributed by atoms with E-state index in [1.807, 2.05) is 0 Å². The molecule has 0 unspecified atom stereocenters. The molecule has 150 valence electrons. The number of carbonyl (C=O) groups excluding carboxylic acids is 2. The van der Waals surface area contributed by atoms with E-state index >= 15 is 0 Å². The summed E-state index contributed by atoms with van der Waals surface area (Å²) in [5.41, 5.74) is 1.82. The summed E-state index contributed by atoms with van der Waals surface area (Å²) in [5, 5.41) is 16.8. The van der Waals surface area contributed by atoms with Gasteiger partial charge in [0.2, 0.25) is 5.91 Å². The molecule has 0 aliphatic carbocycles. The van der Waals surface area contributed by atoms with Gasteiger partial charge in [-0.1, -0.05) is 23.1 Å². The lowest BCUT2D eigenvalue weighted by atomic mass is 10.0. The number of hydrogen-bond acceptors (Lipinski definition) is 8. The van der Waals surface area contributed by atoms with Gasteiger partial charge in [-0.25, -0.2) is 9.18 Å². The molecule has 0 spiro atoms. The average Bonchev–Trinajstić information content (AvgIpc) is 3.19. The molecule has 4 rings (SSSR count). The second kappa shape index (κ2) is 7.76. The predicted octanol–water partition coefficient (Wildman–Crippen LogP) is 2.40. The highest BCUT2D eigenvalue weighted by Crippen LogP contribution is 2.47. The molecule has 2 aliphatic heterocycles. The second-order valence-corrected chi connectivity index (χ2v) is 9.38. The molecule has 2 atom stereocenters. The summed E-state index contributed by atoms with van der Waals surface area (Å²) >= 11 is 3.82. The monoisotopic (exact) mass is 452 g/mol. The van der Waals surface area contributed by atoms with Gasteiger partial charge < -0.3 is 5.11 Å². The minimum absolute atomic E-state index is 0.0993. The average molecular weight is 453 g/mol. The number of carboxylic acids is 1. The first-order valence-electron chi connectivity index (χ1n) is 8.29. The predicted molar refractivity (Wildman–Crippen MR) is 107 cm³/mol. The summed E-state index contributed by atoms with van der Waals surface area (Å²) in [4.78, 5) is 40.2. The van der Waals surface area contributed by atoms with Crippen molar-refractivity contribution in [3.05, 3.63) is 46.2 Å². The van der Waals surface area contributed by atoms with E-state index in [1.54, 1.807) is 5.51 Å². The molecule has 0 bridgehead atoms. The Bertz CT molecular complexity index is 1010. The standard InChI is InChI=1S/C17H13FN4O4S3/c1-8(23)21(10-4-2-9(18)3-5-10)13-14(24)22-12(16(25)26)11(6-27-15(13)22)29-17-20-19-7-28-17/h2-5,7,13,15H,6H2,1H3,(H,25,26)/t13-,15+/m1/s1. The molecule has 29 heavy (non-hydrogen) atoms. The summed E-state index contributed by atoms with van der Waals surface area (Å²) in [6.45, 7) is 1.32. The van der Waals surface area contributed by atoms with Crippen LogP contribution < -0.4 is 4.90 Å². The summed E-state index contributed by atoms with van der Waals surface area (Å²) in [5.74, 6) is -2.20. The molecule has 1 N–H and O–H groups in total. The smallest absolute Gasteiger partial charge is 0.353 e. The van der Waals surface area contributed by atoms with E-state index in [-0.39, 0.29) is 11.6 Å². The largest absolute Gasteiger partial charge is 0.477 e.